The van der Waals surface area contributed by atoms with E-state index in [1.54, 1.807) is 0 Å². The van der Waals surface area contributed by atoms with Gasteiger partial charge < -0.3 is 0 Å². The second kappa shape index (κ2) is 11.4. The molecule has 0 atom stereocenters. The summed E-state index contributed by atoms with van der Waals surface area (Å²) in [4.78, 5) is 0. The summed E-state index contributed by atoms with van der Waals surface area (Å²) in [6.45, 7) is 0. The highest BCUT2D eigenvalue weighted by Crippen LogP contribution is 2.39. The van der Waals surface area contributed by atoms with Gasteiger partial charge in [0.25, 0.3) is 0 Å². The molecule has 0 amide bonds. The van der Waals surface area contributed by atoms with Crippen molar-refractivity contribution in [3.05, 3.63) is 188 Å². The Bertz CT molecular complexity index is 2210. The summed E-state index contributed by atoms with van der Waals surface area (Å²) in [6, 6.07) is 65.8. The fourth-order valence-electron chi connectivity index (χ4n) is 6.86. The van der Waals surface area contributed by atoms with Gasteiger partial charge in [-0.3, -0.25) is 0 Å². The van der Waals surface area contributed by atoms with Gasteiger partial charge >= 0.3 is 0 Å². The quantitative estimate of drug-likeness (QED) is 0.0836. The lowest BCUT2D eigenvalue weighted by atomic mass is 9.88. The molecule has 0 unspecified atom stereocenters. The van der Waals surface area contributed by atoms with Crippen LogP contribution >= 0.6 is 0 Å². The molecule has 0 spiro atoms. The van der Waals surface area contributed by atoms with Gasteiger partial charge in [-0.2, -0.15) is 0 Å². The summed E-state index contributed by atoms with van der Waals surface area (Å²) in [5, 5.41) is 11.2. The van der Waals surface area contributed by atoms with E-state index in [1.165, 1.54) is 59.0 Å². The fraction of sp³-hybridized carbons (Fsp3) is 0. The molecule has 0 aliphatic carbocycles. The number of fused-ring (bicyclic) bond motifs is 3. The molecule has 8 aromatic rings. The van der Waals surface area contributed by atoms with Crippen LogP contribution in [-0.4, -0.2) is 8.07 Å². The monoisotopic (exact) mass is 586 g/mol. The third kappa shape index (κ3) is 4.64. The molecule has 0 heterocycles. The maximum atomic E-state index is 4.06. The summed E-state index contributed by atoms with van der Waals surface area (Å²) < 4.78 is 0. The first-order valence-electron chi connectivity index (χ1n) is 15.5. The van der Waals surface area contributed by atoms with Crippen LogP contribution in [0.4, 0.5) is 0 Å². The van der Waals surface area contributed by atoms with Crippen molar-refractivity contribution in [3.8, 4) is 22.6 Å². The topological polar surface area (TPSA) is 0 Å². The van der Waals surface area contributed by atoms with Crippen LogP contribution in [0.2, 0.25) is 0 Å². The van der Waals surface area contributed by atoms with Gasteiger partial charge in [-0.15, -0.1) is 5.54 Å². The van der Waals surface area contributed by atoms with Crippen LogP contribution in [0.15, 0.2) is 182 Å². The minimum absolute atomic E-state index is 1.09. The summed E-state index contributed by atoms with van der Waals surface area (Å²) >= 11 is 0. The van der Waals surface area contributed by atoms with E-state index in [1.807, 2.05) is 0 Å². The van der Waals surface area contributed by atoms with Gasteiger partial charge in [-0.25, -0.2) is 0 Å². The largest absolute Gasteiger partial charge is 0.230 e. The summed E-state index contributed by atoms with van der Waals surface area (Å²) in [5.74, 6) is 3.89. The van der Waals surface area contributed by atoms with Crippen molar-refractivity contribution in [1.82, 2.24) is 0 Å². The molecule has 8 aromatic carbocycles. The van der Waals surface area contributed by atoms with E-state index in [0.29, 0.717) is 0 Å². The highest BCUT2D eigenvalue weighted by molar-refractivity contribution is 7.16. The molecule has 0 radical (unpaired) electrons. The first-order valence-corrected chi connectivity index (χ1v) is 17.5. The van der Waals surface area contributed by atoms with Crippen LogP contribution in [-0.2, 0) is 0 Å². The van der Waals surface area contributed by atoms with Crippen molar-refractivity contribution in [1.29, 1.82) is 0 Å². The maximum absolute atomic E-state index is 4.06. The van der Waals surface area contributed by atoms with E-state index in [0.717, 1.165) is 5.56 Å². The Morgan fingerprint density at radius 1 is 0.356 bits per heavy atom. The van der Waals surface area contributed by atoms with Gasteiger partial charge in [-0.1, -0.05) is 182 Å². The van der Waals surface area contributed by atoms with Crippen LogP contribution in [0, 0.1) is 11.5 Å². The minimum atomic E-state index is -2.75. The van der Waals surface area contributed by atoms with Crippen LogP contribution in [0.3, 0.4) is 0 Å². The summed E-state index contributed by atoms with van der Waals surface area (Å²) in [6.07, 6.45) is 0. The first kappa shape index (κ1) is 26.9. The van der Waals surface area contributed by atoms with Crippen molar-refractivity contribution in [3.63, 3.8) is 0 Å². The lowest BCUT2D eigenvalue weighted by molar-refractivity contribution is 1.68. The molecular formula is C44H30Si. The average molecular weight is 587 g/mol. The SMILES string of the molecule is C(#C[Si](c1ccccc1)(c1ccccc1)c1ccccc1)c1c2ccccc2c(-c2ccc3ccccc3c2)c2ccccc12. The molecule has 45 heavy (non-hydrogen) atoms. The second-order valence-corrected chi connectivity index (χ2v) is 15.0. The zero-order chi connectivity index (χ0) is 30.1. The summed E-state index contributed by atoms with van der Waals surface area (Å²) in [5.41, 5.74) is 7.63. The highest BCUT2D eigenvalue weighted by atomic mass is 28.3. The van der Waals surface area contributed by atoms with Gasteiger partial charge in [0, 0.05) is 5.56 Å². The molecule has 0 N–H and O–H groups in total. The van der Waals surface area contributed by atoms with Crippen molar-refractivity contribution in [2.45, 2.75) is 0 Å². The smallest absolute Gasteiger partial charge is 0.109 e. The zero-order valence-corrected chi connectivity index (χ0v) is 25.8. The van der Waals surface area contributed by atoms with E-state index >= 15 is 0 Å². The standard InChI is InChI=1S/C44H30Si/c1-4-18-36(19-5-1)45(37-20-6-2-7-21-37,38-22-8-3-9-23-38)31-30-41-39-24-12-14-26-42(39)44(43-27-15-13-25-40(41)43)35-29-28-33-16-10-11-17-34(33)32-35/h1-29,32H. The average Bonchev–Trinajstić information content (AvgIpc) is 3.12. The molecule has 210 valence electrons. The Morgan fingerprint density at radius 2 is 0.778 bits per heavy atom. The third-order valence-electron chi connectivity index (χ3n) is 8.97. The molecule has 0 aliphatic rings. The van der Waals surface area contributed by atoms with E-state index in [-0.39, 0.29) is 0 Å². The molecule has 0 bridgehead atoms. The molecule has 0 nitrogen and oxygen atoms in total. The van der Waals surface area contributed by atoms with E-state index in [9.17, 15) is 0 Å². The van der Waals surface area contributed by atoms with E-state index in [2.05, 4.69) is 193 Å². The van der Waals surface area contributed by atoms with Gasteiger partial charge in [0.15, 0.2) is 0 Å². The minimum Gasteiger partial charge on any atom is -0.109 e. The van der Waals surface area contributed by atoms with E-state index in [4.69, 9.17) is 0 Å². The number of hydrogen-bond donors (Lipinski definition) is 0. The van der Waals surface area contributed by atoms with Crippen molar-refractivity contribution in [2.75, 3.05) is 0 Å². The third-order valence-corrected chi connectivity index (χ3v) is 13.1. The molecule has 0 aromatic heterocycles. The number of benzene rings is 8. The predicted molar refractivity (Wildman–Crippen MR) is 195 cm³/mol. The fourth-order valence-corrected chi connectivity index (χ4v) is 10.7. The van der Waals surface area contributed by atoms with E-state index < -0.39 is 8.07 Å². The van der Waals surface area contributed by atoms with Crippen molar-refractivity contribution in [2.24, 2.45) is 0 Å². The Labute approximate surface area is 265 Å². The lowest BCUT2D eigenvalue weighted by Crippen LogP contribution is -2.66. The Kier molecular flexibility index (Phi) is 6.84. The maximum Gasteiger partial charge on any atom is 0.230 e. The summed E-state index contributed by atoms with van der Waals surface area (Å²) in [7, 11) is -2.75. The van der Waals surface area contributed by atoms with Crippen molar-refractivity contribution < 1.29 is 0 Å². The van der Waals surface area contributed by atoms with Gasteiger partial charge in [0.05, 0.1) is 0 Å². The van der Waals surface area contributed by atoms with Crippen LogP contribution in [0.25, 0.3) is 43.4 Å². The van der Waals surface area contributed by atoms with Gasteiger partial charge in [0.2, 0.25) is 8.07 Å². The first-order chi connectivity index (χ1) is 22.3. The second-order valence-electron chi connectivity index (χ2n) is 11.5. The Morgan fingerprint density at radius 3 is 1.29 bits per heavy atom. The molecule has 1 heteroatoms. The molecule has 0 saturated carbocycles. The Balaban J connectivity index is 1.46. The van der Waals surface area contributed by atoms with Crippen LogP contribution < -0.4 is 15.6 Å². The predicted octanol–water partition coefficient (Wildman–Crippen LogP) is 8.87. The normalized spacial score (nSPS) is 11.4. The van der Waals surface area contributed by atoms with Gasteiger partial charge in [0.1, 0.15) is 0 Å². The van der Waals surface area contributed by atoms with Gasteiger partial charge in [-0.05, 0) is 65.1 Å². The molecule has 0 saturated heterocycles. The highest BCUT2D eigenvalue weighted by Gasteiger charge is 2.38. The molecule has 0 fully saturated rings. The lowest BCUT2D eigenvalue weighted by Gasteiger charge is -2.28. The molecule has 0 aliphatic heterocycles. The van der Waals surface area contributed by atoms with Crippen molar-refractivity contribution >= 4 is 56.0 Å². The molecule has 8 rings (SSSR count). The molecular weight excluding hydrogens is 557 g/mol. The van der Waals surface area contributed by atoms with Crippen LogP contribution in [0.1, 0.15) is 5.56 Å². The number of rotatable bonds is 4. The van der Waals surface area contributed by atoms with Crippen LogP contribution in [0.5, 0.6) is 0 Å². The number of hydrogen-bond acceptors (Lipinski definition) is 0. The Hall–Kier alpha value is -5.68. The zero-order valence-electron chi connectivity index (χ0n) is 24.8.